The Hall–Kier alpha value is -3.87. The van der Waals surface area contributed by atoms with Gasteiger partial charge in [0.25, 0.3) is 5.91 Å². The van der Waals surface area contributed by atoms with E-state index < -0.39 is 11.9 Å². The lowest BCUT2D eigenvalue weighted by atomic mass is 10.0. The van der Waals surface area contributed by atoms with Crippen molar-refractivity contribution < 1.29 is 23.5 Å². The second-order valence-electron chi connectivity index (χ2n) is 8.65. The normalized spacial score (nSPS) is 14.3. The molecule has 0 unspecified atom stereocenters. The SMILES string of the molecule is CCOc1ccc([C@@H](C(=O)NC2CCCC2)N(C(=O)c2ccco2)c2ccc(C(C)=O)cc2)cc1. The summed E-state index contributed by atoms with van der Waals surface area (Å²) in [6.45, 7) is 3.91. The Bertz CT molecular complexity index is 1150. The number of nitrogens with one attached hydrogen (secondary N) is 1. The van der Waals surface area contributed by atoms with Crippen molar-refractivity contribution in [1.29, 1.82) is 0 Å². The molecule has 1 aromatic heterocycles. The molecular formula is C28H30N2O5. The molecule has 1 fully saturated rings. The Balaban J connectivity index is 1.79. The zero-order valence-electron chi connectivity index (χ0n) is 20.0. The van der Waals surface area contributed by atoms with Gasteiger partial charge < -0.3 is 14.5 Å². The predicted molar refractivity (Wildman–Crippen MR) is 133 cm³/mol. The highest BCUT2D eigenvalue weighted by Gasteiger charge is 2.35. The highest BCUT2D eigenvalue weighted by Crippen LogP contribution is 2.32. The summed E-state index contributed by atoms with van der Waals surface area (Å²) < 4.78 is 11.0. The van der Waals surface area contributed by atoms with Crippen molar-refractivity contribution in [3.8, 4) is 5.75 Å². The maximum absolute atomic E-state index is 13.8. The van der Waals surface area contributed by atoms with Gasteiger partial charge in [0.2, 0.25) is 5.91 Å². The second-order valence-corrected chi connectivity index (χ2v) is 8.65. The van der Waals surface area contributed by atoms with Crippen LogP contribution in [0.4, 0.5) is 5.69 Å². The molecule has 182 valence electrons. The van der Waals surface area contributed by atoms with Gasteiger partial charge in [-0.1, -0.05) is 25.0 Å². The number of ether oxygens (including phenoxy) is 1. The number of amides is 2. The van der Waals surface area contributed by atoms with Gasteiger partial charge in [0.15, 0.2) is 11.5 Å². The van der Waals surface area contributed by atoms with Crippen molar-refractivity contribution in [3.63, 3.8) is 0 Å². The highest BCUT2D eigenvalue weighted by molar-refractivity contribution is 6.09. The van der Waals surface area contributed by atoms with Crippen molar-refractivity contribution >= 4 is 23.3 Å². The number of nitrogens with zero attached hydrogens (tertiary/aromatic N) is 1. The Morgan fingerprint density at radius 1 is 1.03 bits per heavy atom. The Morgan fingerprint density at radius 2 is 1.71 bits per heavy atom. The largest absolute Gasteiger partial charge is 0.494 e. The molecule has 35 heavy (non-hydrogen) atoms. The van der Waals surface area contributed by atoms with Crippen LogP contribution in [0.25, 0.3) is 0 Å². The van der Waals surface area contributed by atoms with E-state index in [1.807, 2.05) is 6.92 Å². The Morgan fingerprint density at radius 3 is 2.29 bits per heavy atom. The van der Waals surface area contributed by atoms with E-state index in [0.717, 1.165) is 25.7 Å². The van der Waals surface area contributed by atoms with Crippen LogP contribution in [0.5, 0.6) is 5.75 Å². The fourth-order valence-electron chi connectivity index (χ4n) is 4.44. The van der Waals surface area contributed by atoms with E-state index in [2.05, 4.69) is 5.32 Å². The van der Waals surface area contributed by atoms with Crippen molar-refractivity contribution in [2.24, 2.45) is 0 Å². The molecule has 2 aromatic carbocycles. The van der Waals surface area contributed by atoms with Crippen molar-refractivity contribution in [3.05, 3.63) is 83.8 Å². The lowest BCUT2D eigenvalue weighted by molar-refractivity contribution is -0.123. The molecule has 1 atom stereocenters. The fraction of sp³-hybridized carbons (Fsp3) is 0.321. The molecule has 1 heterocycles. The summed E-state index contributed by atoms with van der Waals surface area (Å²) in [5.74, 6) is -0.00341. The first-order valence-corrected chi connectivity index (χ1v) is 12.0. The van der Waals surface area contributed by atoms with E-state index in [1.54, 1.807) is 60.7 Å². The summed E-state index contributed by atoms with van der Waals surface area (Å²) in [6, 6.07) is 16.2. The van der Waals surface area contributed by atoms with Gasteiger partial charge in [0.05, 0.1) is 12.9 Å². The van der Waals surface area contributed by atoms with Crippen LogP contribution in [0, 0.1) is 0 Å². The zero-order chi connectivity index (χ0) is 24.8. The minimum absolute atomic E-state index is 0.0772. The lowest BCUT2D eigenvalue weighted by Crippen LogP contribution is -2.46. The topological polar surface area (TPSA) is 88.8 Å². The van der Waals surface area contributed by atoms with Gasteiger partial charge in [-0.05, 0) is 80.8 Å². The first kappa shape index (κ1) is 24.3. The summed E-state index contributed by atoms with van der Waals surface area (Å²) in [4.78, 5) is 40.7. The summed E-state index contributed by atoms with van der Waals surface area (Å²) in [5.41, 5.74) is 1.64. The molecule has 2 amide bonds. The minimum atomic E-state index is -0.952. The number of carbonyl (C=O) groups excluding carboxylic acids is 3. The van der Waals surface area contributed by atoms with Gasteiger partial charge in [0.1, 0.15) is 11.8 Å². The molecule has 3 aromatic rings. The highest BCUT2D eigenvalue weighted by atomic mass is 16.5. The average molecular weight is 475 g/mol. The summed E-state index contributed by atoms with van der Waals surface area (Å²) >= 11 is 0. The number of anilines is 1. The quantitative estimate of drug-likeness (QED) is 0.424. The number of carbonyl (C=O) groups is 3. The molecule has 1 saturated carbocycles. The molecular weight excluding hydrogens is 444 g/mol. The van der Waals surface area contributed by atoms with Crippen molar-refractivity contribution in [2.75, 3.05) is 11.5 Å². The summed E-state index contributed by atoms with van der Waals surface area (Å²) in [5, 5.41) is 3.15. The van der Waals surface area contributed by atoms with Crippen LogP contribution in [-0.4, -0.2) is 30.2 Å². The predicted octanol–water partition coefficient (Wildman–Crippen LogP) is 5.33. The Kier molecular flexibility index (Phi) is 7.65. The molecule has 1 N–H and O–H groups in total. The number of hydrogen-bond donors (Lipinski definition) is 1. The van der Waals surface area contributed by atoms with Gasteiger partial charge in [-0.2, -0.15) is 0 Å². The van der Waals surface area contributed by atoms with Gasteiger partial charge in [-0.3, -0.25) is 19.3 Å². The summed E-state index contributed by atoms with van der Waals surface area (Å²) in [7, 11) is 0. The minimum Gasteiger partial charge on any atom is -0.494 e. The van der Waals surface area contributed by atoms with Crippen LogP contribution in [0.2, 0.25) is 0 Å². The summed E-state index contributed by atoms with van der Waals surface area (Å²) in [6.07, 6.45) is 5.40. The zero-order valence-corrected chi connectivity index (χ0v) is 20.0. The third-order valence-corrected chi connectivity index (χ3v) is 6.22. The first-order chi connectivity index (χ1) is 17.0. The monoisotopic (exact) mass is 474 g/mol. The second kappa shape index (κ2) is 11.0. The van der Waals surface area contributed by atoms with Crippen LogP contribution >= 0.6 is 0 Å². The van der Waals surface area contributed by atoms with E-state index in [1.165, 1.54) is 18.1 Å². The number of Topliss-reactive ketones (excluding diaryl/α,β-unsaturated/α-hetero) is 1. The average Bonchev–Trinajstić information content (AvgIpc) is 3.58. The smallest absolute Gasteiger partial charge is 0.294 e. The molecule has 7 nitrogen and oxygen atoms in total. The number of furan rings is 1. The van der Waals surface area contributed by atoms with Crippen molar-refractivity contribution in [2.45, 2.75) is 51.6 Å². The van der Waals surface area contributed by atoms with Gasteiger partial charge in [-0.25, -0.2) is 0 Å². The van der Waals surface area contributed by atoms with Crippen LogP contribution in [0.15, 0.2) is 71.3 Å². The standard InChI is InChI=1S/C28H30N2O5/c1-3-34-24-16-12-21(13-17-24)26(27(32)29-22-7-4-5-8-22)30(28(33)25-9-6-18-35-25)23-14-10-20(11-15-23)19(2)31/h6,9-18,22,26H,3-5,7-8H2,1-2H3,(H,29,32)/t26-/m0/s1. The van der Waals surface area contributed by atoms with Crippen molar-refractivity contribution in [1.82, 2.24) is 5.32 Å². The van der Waals surface area contributed by atoms with Crippen LogP contribution in [0.3, 0.4) is 0 Å². The molecule has 0 spiro atoms. The third-order valence-electron chi connectivity index (χ3n) is 6.22. The van der Waals surface area contributed by atoms with Crippen LogP contribution in [-0.2, 0) is 4.79 Å². The lowest BCUT2D eigenvalue weighted by Gasteiger charge is -2.32. The number of hydrogen-bond acceptors (Lipinski definition) is 5. The maximum atomic E-state index is 13.8. The van der Waals surface area contributed by atoms with Crippen LogP contribution in [0.1, 0.15) is 72.0 Å². The molecule has 0 radical (unpaired) electrons. The van der Waals surface area contributed by atoms with E-state index in [9.17, 15) is 14.4 Å². The van der Waals surface area contributed by atoms with Gasteiger partial charge in [-0.15, -0.1) is 0 Å². The molecule has 4 rings (SSSR count). The molecule has 1 aliphatic carbocycles. The number of ketones is 1. The van der Waals surface area contributed by atoms with Gasteiger partial charge >= 0.3 is 0 Å². The first-order valence-electron chi connectivity index (χ1n) is 12.0. The van der Waals surface area contributed by atoms with E-state index >= 15 is 0 Å². The van der Waals surface area contributed by atoms with E-state index in [4.69, 9.17) is 9.15 Å². The molecule has 0 saturated heterocycles. The Labute approximate surface area is 205 Å². The van der Waals surface area contributed by atoms with Crippen LogP contribution < -0.4 is 15.0 Å². The number of benzene rings is 2. The van der Waals surface area contributed by atoms with E-state index in [0.29, 0.717) is 29.2 Å². The fourth-order valence-corrected chi connectivity index (χ4v) is 4.44. The molecule has 1 aliphatic rings. The van der Waals surface area contributed by atoms with E-state index in [-0.39, 0.29) is 23.5 Å². The molecule has 0 bridgehead atoms. The number of rotatable bonds is 9. The third kappa shape index (κ3) is 5.62. The molecule has 0 aliphatic heterocycles. The maximum Gasteiger partial charge on any atom is 0.294 e. The molecule has 7 heteroatoms. The van der Waals surface area contributed by atoms with Gasteiger partial charge in [0, 0.05) is 17.3 Å².